The van der Waals surface area contributed by atoms with E-state index in [1.54, 1.807) is 13.2 Å². The summed E-state index contributed by atoms with van der Waals surface area (Å²) >= 11 is 0. The summed E-state index contributed by atoms with van der Waals surface area (Å²) in [7, 11) is 1.61. The number of esters is 1. The Morgan fingerprint density at radius 2 is 1.89 bits per heavy atom. The fraction of sp³-hybridized carbons (Fsp3) is 0.400. The quantitative estimate of drug-likeness (QED) is 0.297. The SMILES string of the molecule is COC[C@@H](C)n1c(C)cc(C(=O)COC(=O)c2cccc(C)c2[N+](=O)[O-])c1C. The number of ketones is 1. The van der Waals surface area contributed by atoms with E-state index < -0.39 is 17.5 Å². The molecule has 0 unspecified atom stereocenters. The first-order chi connectivity index (χ1) is 13.2. The van der Waals surface area contributed by atoms with E-state index in [-0.39, 0.29) is 23.1 Å². The van der Waals surface area contributed by atoms with Crippen molar-refractivity contribution < 1.29 is 24.0 Å². The second kappa shape index (κ2) is 8.79. The summed E-state index contributed by atoms with van der Waals surface area (Å²) in [6, 6.07) is 6.18. The highest BCUT2D eigenvalue weighted by Gasteiger charge is 2.25. The normalized spacial score (nSPS) is 11.9. The lowest BCUT2D eigenvalue weighted by atomic mass is 10.1. The number of para-hydroxylation sites is 1. The number of carbonyl (C=O) groups excluding carboxylic acids is 2. The number of nitrogens with zero attached hydrogens (tertiary/aromatic N) is 2. The highest BCUT2D eigenvalue weighted by Crippen LogP contribution is 2.24. The van der Waals surface area contributed by atoms with Crippen LogP contribution in [0.3, 0.4) is 0 Å². The highest BCUT2D eigenvalue weighted by atomic mass is 16.6. The molecule has 1 heterocycles. The third-order valence-electron chi connectivity index (χ3n) is 4.61. The number of ether oxygens (including phenoxy) is 2. The maximum absolute atomic E-state index is 12.6. The first-order valence-corrected chi connectivity index (χ1v) is 8.80. The van der Waals surface area contributed by atoms with Crippen molar-refractivity contribution in [2.75, 3.05) is 20.3 Å². The minimum atomic E-state index is -0.898. The Balaban J connectivity index is 2.18. The molecule has 28 heavy (non-hydrogen) atoms. The van der Waals surface area contributed by atoms with Gasteiger partial charge in [-0.2, -0.15) is 0 Å². The number of benzene rings is 1. The van der Waals surface area contributed by atoms with Crippen molar-refractivity contribution in [3.8, 4) is 0 Å². The molecule has 0 bridgehead atoms. The standard InChI is InChI=1S/C20H24N2O6/c1-12-7-6-8-16(19(12)22(25)26)20(24)28-11-18(23)17-9-13(2)21(15(17)4)14(3)10-27-5/h6-9,14H,10-11H2,1-5H3/t14-/m1/s1. The van der Waals surface area contributed by atoms with Gasteiger partial charge in [0.05, 0.1) is 17.6 Å². The van der Waals surface area contributed by atoms with E-state index in [9.17, 15) is 19.7 Å². The third-order valence-corrected chi connectivity index (χ3v) is 4.61. The van der Waals surface area contributed by atoms with Crippen LogP contribution < -0.4 is 0 Å². The Morgan fingerprint density at radius 3 is 2.50 bits per heavy atom. The molecular weight excluding hydrogens is 364 g/mol. The monoisotopic (exact) mass is 388 g/mol. The zero-order valence-electron chi connectivity index (χ0n) is 16.6. The van der Waals surface area contributed by atoms with Crippen LogP contribution in [0.5, 0.6) is 0 Å². The first-order valence-electron chi connectivity index (χ1n) is 8.80. The number of aromatic nitrogens is 1. The van der Waals surface area contributed by atoms with E-state index in [1.165, 1.54) is 25.1 Å². The molecule has 1 atom stereocenters. The molecule has 2 aromatic rings. The number of carbonyl (C=O) groups is 2. The van der Waals surface area contributed by atoms with Gasteiger partial charge in [-0.05, 0) is 39.8 Å². The topological polar surface area (TPSA) is 101 Å². The molecule has 2 rings (SSSR count). The van der Waals surface area contributed by atoms with Crippen LogP contribution in [0.2, 0.25) is 0 Å². The van der Waals surface area contributed by atoms with Crippen LogP contribution in [-0.2, 0) is 9.47 Å². The number of hydrogen-bond donors (Lipinski definition) is 0. The Kier molecular flexibility index (Phi) is 6.69. The second-order valence-corrected chi connectivity index (χ2v) is 6.69. The van der Waals surface area contributed by atoms with Crippen molar-refractivity contribution >= 4 is 17.4 Å². The van der Waals surface area contributed by atoms with Crippen molar-refractivity contribution in [3.63, 3.8) is 0 Å². The number of Topliss-reactive ketones (excluding diaryl/α,β-unsaturated/α-hetero) is 1. The molecule has 0 spiro atoms. The fourth-order valence-electron chi connectivity index (χ4n) is 3.41. The molecule has 1 aromatic carbocycles. The van der Waals surface area contributed by atoms with Crippen LogP contribution >= 0.6 is 0 Å². The number of rotatable bonds is 8. The minimum absolute atomic E-state index is 0.0454. The van der Waals surface area contributed by atoms with Crippen molar-refractivity contribution in [2.24, 2.45) is 0 Å². The Hall–Kier alpha value is -3.00. The Morgan fingerprint density at radius 1 is 1.21 bits per heavy atom. The maximum Gasteiger partial charge on any atom is 0.345 e. The van der Waals surface area contributed by atoms with Gasteiger partial charge < -0.3 is 14.0 Å². The van der Waals surface area contributed by atoms with Crippen molar-refractivity contribution in [3.05, 3.63) is 62.5 Å². The summed E-state index contributed by atoms with van der Waals surface area (Å²) in [6.07, 6.45) is 0. The third kappa shape index (κ3) is 4.28. The maximum atomic E-state index is 12.6. The summed E-state index contributed by atoms with van der Waals surface area (Å²) in [6.45, 7) is 7.23. The Labute approximate surface area is 163 Å². The molecular formula is C20H24N2O6. The summed E-state index contributed by atoms with van der Waals surface area (Å²) < 4.78 is 12.2. The molecule has 0 saturated heterocycles. The van der Waals surface area contributed by atoms with Crippen molar-refractivity contribution in [2.45, 2.75) is 33.7 Å². The summed E-state index contributed by atoms with van der Waals surface area (Å²) in [5.41, 5.74) is 1.97. The summed E-state index contributed by atoms with van der Waals surface area (Å²) in [4.78, 5) is 35.5. The zero-order valence-corrected chi connectivity index (χ0v) is 16.6. The number of nitro benzene ring substituents is 1. The van der Waals surface area contributed by atoms with Gasteiger partial charge >= 0.3 is 5.97 Å². The molecule has 0 saturated carbocycles. The first kappa shape index (κ1) is 21.3. The number of nitro groups is 1. The summed E-state index contributed by atoms with van der Waals surface area (Å²) in [5.74, 6) is -1.27. The van der Waals surface area contributed by atoms with Gasteiger partial charge in [0.25, 0.3) is 5.69 Å². The smallest absolute Gasteiger partial charge is 0.345 e. The lowest BCUT2D eigenvalue weighted by molar-refractivity contribution is -0.385. The largest absolute Gasteiger partial charge is 0.454 e. The van der Waals surface area contributed by atoms with Gasteiger partial charge in [0, 0.05) is 29.6 Å². The molecule has 150 valence electrons. The van der Waals surface area contributed by atoms with Gasteiger partial charge in [-0.15, -0.1) is 0 Å². The second-order valence-electron chi connectivity index (χ2n) is 6.69. The number of hydrogen-bond acceptors (Lipinski definition) is 6. The van der Waals surface area contributed by atoms with Crippen LogP contribution in [0.4, 0.5) is 5.69 Å². The number of aryl methyl sites for hydroxylation is 2. The van der Waals surface area contributed by atoms with Crippen LogP contribution in [0.1, 0.15) is 50.6 Å². The number of methoxy groups -OCH3 is 1. The van der Waals surface area contributed by atoms with E-state index in [0.717, 1.165) is 11.4 Å². The zero-order chi connectivity index (χ0) is 21.0. The lowest BCUT2D eigenvalue weighted by Crippen LogP contribution is -2.17. The molecule has 0 fully saturated rings. The van der Waals surface area contributed by atoms with E-state index in [2.05, 4.69) is 0 Å². The summed E-state index contributed by atoms with van der Waals surface area (Å²) in [5, 5.41) is 11.2. The van der Waals surface area contributed by atoms with Crippen LogP contribution in [0.15, 0.2) is 24.3 Å². The van der Waals surface area contributed by atoms with E-state index in [0.29, 0.717) is 17.7 Å². The van der Waals surface area contributed by atoms with Gasteiger partial charge in [0.1, 0.15) is 5.56 Å². The molecule has 8 nitrogen and oxygen atoms in total. The molecule has 0 amide bonds. The predicted molar refractivity (Wildman–Crippen MR) is 103 cm³/mol. The van der Waals surface area contributed by atoms with E-state index in [1.807, 2.05) is 25.3 Å². The van der Waals surface area contributed by atoms with E-state index >= 15 is 0 Å². The van der Waals surface area contributed by atoms with Crippen molar-refractivity contribution in [1.82, 2.24) is 4.57 Å². The van der Waals surface area contributed by atoms with Crippen LogP contribution in [0.25, 0.3) is 0 Å². The molecule has 0 aliphatic heterocycles. The molecule has 8 heteroatoms. The van der Waals surface area contributed by atoms with Crippen LogP contribution in [0, 0.1) is 30.9 Å². The van der Waals surface area contributed by atoms with Gasteiger partial charge in [0.15, 0.2) is 6.61 Å². The Bertz CT molecular complexity index is 916. The molecule has 0 radical (unpaired) electrons. The van der Waals surface area contributed by atoms with E-state index in [4.69, 9.17) is 9.47 Å². The molecule has 0 N–H and O–H groups in total. The van der Waals surface area contributed by atoms with Gasteiger partial charge in [0.2, 0.25) is 5.78 Å². The highest BCUT2D eigenvalue weighted by molar-refractivity contribution is 6.01. The molecule has 0 aliphatic carbocycles. The minimum Gasteiger partial charge on any atom is -0.454 e. The van der Waals surface area contributed by atoms with Crippen molar-refractivity contribution in [1.29, 1.82) is 0 Å². The molecule has 0 aliphatic rings. The molecule has 1 aromatic heterocycles. The average Bonchev–Trinajstić information content (AvgIpc) is 2.93. The predicted octanol–water partition coefficient (Wildman–Crippen LogP) is 3.57. The van der Waals surface area contributed by atoms with Crippen LogP contribution in [-0.4, -0.2) is 41.6 Å². The van der Waals surface area contributed by atoms with Gasteiger partial charge in [-0.3, -0.25) is 14.9 Å². The average molecular weight is 388 g/mol. The fourth-order valence-corrected chi connectivity index (χ4v) is 3.41. The van der Waals surface area contributed by atoms with Gasteiger partial charge in [-0.25, -0.2) is 4.79 Å². The van der Waals surface area contributed by atoms with Gasteiger partial charge in [-0.1, -0.05) is 12.1 Å². The lowest BCUT2D eigenvalue weighted by Gasteiger charge is -2.17.